The number of sulfone groups is 2. The molecule has 0 amide bonds. The SMILES string of the molecule is COc1cccc(C(N)CS(=O)(=O)CCS(C)(=O)=O)c1. The number of methoxy groups -OCH3 is 1. The molecular formula is C12H19NO5S2. The Hall–Kier alpha value is -1.12. The van der Waals surface area contributed by atoms with Crippen LogP contribution < -0.4 is 10.5 Å². The summed E-state index contributed by atoms with van der Waals surface area (Å²) in [5.41, 5.74) is 6.49. The number of nitrogens with two attached hydrogens (primary N) is 1. The van der Waals surface area contributed by atoms with E-state index in [0.29, 0.717) is 11.3 Å². The van der Waals surface area contributed by atoms with Crippen LogP contribution in [0, 0.1) is 0 Å². The summed E-state index contributed by atoms with van der Waals surface area (Å²) in [6, 6.07) is 6.11. The molecule has 0 saturated carbocycles. The molecule has 0 aliphatic carbocycles. The van der Waals surface area contributed by atoms with E-state index in [1.807, 2.05) is 0 Å². The van der Waals surface area contributed by atoms with Gasteiger partial charge in [0.15, 0.2) is 9.84 Å². The highest BCUT2D eigenvalue weighted by molar-refractivity contribution is 7.94. The fraction of sp³-hybridized carbons (Fsp3) is 0.500. The van der Waals surface area contributed by atoms with E-state index in [2.05, 4.69) is 0 Å². The van der Waals surface area contributed by atoms with Gasteiger partial charge < -0.3 is 10.5 Å². The molecule has 0 aromatic heterocycles. The highest BCUT2D eigenvalue weighted by atomic mass is 32.2. The first kappa shape index (κ1) is 16.9. The summed E-state index contributed by atoms with van der Waals surface area (Å²) in [5, 5.41) is 0. The summed E-state index contributed by atoms with van der Waals surface area (Å²) in [5.74, 6) is -0.509. The zero-order valence-corrected chi connectivity index (χ0v) is 13.1. The molecule has 0 aliphatic heterocycles. The first-order valence-corrected chi connectivity index (χ1v) is 9.79. The number of hydrogen-bond donors (Lipinski definition) is 1. The first-order valence-electron chi connectivity index (χ1n) is 5.90. The zero-order chi connectivity index (χ0) is 15.4. The van der Waals surface area contributed by atoms with Gasteiger partial charge in [0.1, 0.15) is 15.6 Å². The van der Waals surface area contributed by atoms with Gasteiger partial charge in [-0.3, -0.25) is 0 Å². The van der Waals surface area contributed by atoms with Crippen LogP contribution in [0.3, 0.4) is 0 Å². The monoisotopic (exact) mass is 321 g/mol. The van der Waals surface area contributed by atoms with Gasteiger partial charge in [-0.25, -0.2) is 16.8 Å². The summed E-state index contributed by atoms with van der Waals surface area (Å²) in [6.45, 7) is 0. The van der Waals surface area contributed by atoms with Crippen molar-refractivity contribution in [3.8, 4) is 5.75 Å². The molecule has 1 rings (SSSR count). The first-order chi connectivity index (χ1) is 9.13. The van der Waals surface area contributed by atoms with E-state index >= 15 is 0 Å². The van der Waals surface area contributed by atoms with Crippen molar-refractivity contribution in [1.29, 1.82) is 0 Å². The zero-order valence-electron chi connectivity index (χ0n) is 11.4. The minimum absolute atomic E-state index is 0.296. The molecule has 1 atom stereocenters. The molecular weight excluding hydrogens is 302 g/mol. The molecule has 8 heteroatoms. The van der Waals surface area contributed by atoms with Crippen molar-refractivity contribution in [2.75, 3.05) is 30.6 Å². The van der Waals surface area contributed by atoms with E-state index < -0.39 is 31.5 Å². The summed E-state index contributed by atoms with van der Waals surface area (Å²) in [4.78, 5) is 0. The molecule has 0 bridgehead atoms. The van der Waals surface area contributed by atoms with E-state index in [0.717, 1.165) is 6.26 Å². The van der Waals surface area contributed by atoms with Gasteiger partial charge in [-0.1, -0.05) is 12.1 Å². The highest BCUT2D eigenvalue weighted by Gasteiger charge is 2.20. The van der Waals surface area contributed by atoms with E-state index in [1.54, 1.807) is 24.3 Å². The lowest BCUT2D eigenvalue weighted by Gasteiger charge is -2.13. The quantitative estimate of drug-likeness (QED) is 0.767. The molecule has 1 aromatic rings. The second-order valence-electron chi connectivity index (χ2n) is 4.63. The summed E-state index contributed by atoms with van der Waals surface area (Å²) >= 11 is 0. The van der Waals surface area contributed by atoms with Crippen molar-refractivity contribution < 1.29 is 21.6 Å². The molecule has 20 heavy (non-hydrogen) atoms. The van der Waals surface area contributed by atoms with Crippen molar-refractivity contribution in [2.24, 2.45) is 5.73 Å². The summed E-state index contributed by atoms with van der Waals surface area (Å²) in [6.07, 6.45) is 1.00. The Labute approximate surface area is 119 Å². The van der Waals surface area contributed by atoms with Crippen molar-refractivity contribution in [3.05, 3.63) is 29.8 Å². The maximum atomic E-state index is 11.8. The fourth-order valence-corrected chi connectivity index (χ4v) is 4.74. The Balaban J connectivity index is 2.76. The molecule has 1 aromatic carbocycles. The molecule has 1 unspecified atom stereocenters. The number of rotatable bonds is 7. The van der Waals surface area contributed by atoms with Crippen LogP contribution in [0.4, 0.5) is 0 Å². The van der Waals surface area contributed by atoms with Crippen molar-refractivity contribution in [2.45, 2.75) is 6.04 Å². The Morgan fingerprint density at radius 2 is 1.85 bits per heavy atom. The van der Waals surface area contributed by atoms with Crippen LogP contribution in [0.1, 0.15) is 11.6 Å². The van der Waals surface area contributed by atoms with E-state index in [4.69, 9.17) is 10.5 Å². The Morgan fingerprint density at radius 3 is 2.40 bits per heavy atom. The van der Waals surface area contributed by atoms with Crippen LogP contribution >= 0.6 is 0 Å². The fourth-order valence-electron chi connectivity index (χ4n) is 1.60. The van der Waals surface area contributed by atoms with E-state index in [-0.39, 0.29) is 11.5 Å². The van der Waals surface area contributed by atoms with Gasteiger partial charge in [-0.2, -0.15) is 0 Å². The molecule has 0 saturated heterocycles. The van der Waals surface area contributed by atoms with Crippen LogP contribution in [-0.2, 0) is 19.7 Å². The topological polar surface area (TPSA) is 104 Å². The predicted molar refractivity (Wildman–Crippen MR) is 78.3 cm³/mol. The Bertz CT molecular complexity index is 652. The van der Waals surface area contributed by atoms with Crippen LogP contribution in [0.2, 0.25) is 0 Å². The third kappa shape index (κ3) is 5.89. The molecule has 0 radical (unpaired) electrons. The maximum Gasteiger partial charge on any atom is 0.153 e. The smallest absolute Gasteiger partial charge is 0.153 e. The van der Waals surface area contributed by atoms with Gasteiger partial charge in [0, 0.05) is 12.3 Å². The van der Waals surface area contributed by atoms with Crippen molar-refractivity contribution in [1.82, 2.24) is 0 Å². The molecule has 6 nitrogen and oxygen atoms in total. The molecule has 0 spiro atoms. The number of hydrogen-bond acceptors (Lipinski definition) is 6. The number of ether oxygens (including phenoxy) is 1. The molecule has 0 heterocycles. The Morgan fingerprint density at radius 1 is 1.20 bits per heavy atom. The average molecular weight is 321 g/mol. The van der Waals surface area contributed by atoms with Crippen LogP contribution in [0.5, 0.6) is 5.75 Å². The van der Waals surface area contributed by atoms with Gasteiger partial charge in [0.2, 0.25) is 0 Å². The lowest BCUT2D eigenvalue weighted by molar-refractivity contribution is 0.414. The molecule has 0 fully saturated rings. The third-order valence-corrected chi connectivity index (χ3v) is 5.62. The molecule has 0 aliphatic rings. The van der Waals surface area contributed by atoms with Gasteiger partial charge in [-0.15, -0.1) is 0 Å². The van der Waals surface area contributed by atoms with E-state index in [9.17, 15) is 16.8 Å². The lowest BCUT2D eigenvalue weighted by atomic mass is 10.1. The largest absolute Gasteiger partial charge is 0.497 e. The number of benzene rings is 1. The van der Waals surface area contributed by atoms with Crippen LogP contribution in [0.15, 0.2) is 24.3 Å². The lowest BCUT2D eigenvalue weighted by Crippen LogP contribution is -2.26. The maximum absolute atomic E-state index is 11.8. The Kier molecular flexibility index (Phi) is 5.55. The highest BCUT2D eigenvalue weighted by Crippen LogP contribution is 2.19. The van der Waals surface area contributed by atoms with Crippen molar-refractivity contribution >= 4 is 19.7 Å². The van der Waals surface area contributed by atoms with Crippen LogP contribution in [0.25, 0.3) is 0 Å². The minimum atomic E-state index is -3.53. The van der Waals surface area contributed by atoms with Gasteiger partial charge >= 0.3 is 0 Å². The van der Waals surface area contributed by atoms with Crippen molar-refractivity contribution in [3.63, 3.8) is 0 Å². The van der Waals surface area contributed by atoms with Crippen LogP contribution in [-0.4, -0.2) is 47.5 Å². The van der Waals surface area contributed by atoms with Gasteiger partial charge in [0.25, 0.3) is 0 Å². The van der Waals surface area contributed by atoms with Gasteiger partial charge in [0.05, 0.1) is 24.4 Å². The summed E-state index contributed by atoms with van der Waals surface area (Å²) in [7, 11) is -5.33. The third-order valence-electron chi connectivity index (χ3n) is 2.72. The molecule has 114 valence electrons. The van der Waals surface area contributed by atoms with Gasteiger partial charge in [-0.05, 0) is 17.7 Å². The molecule has 2 N–H and O–H groups in total. The standard InChI is InChI=1S/C12H19NO5S2/c1-18-11-5-3-4-10(8-11)12(13)9-20(16,17)7-6-19(2,14)15/h3-5,8,12H,6-7,9,13H2,1-2H3. The predicted octanol–water partition coefficient (Wildman–Crippen LogP) is 0.154. The average Bonchev–Trinajstić information content (AvgIpc) is 2.35. The van der Waals surface area contributed by atoms with E-state index in [1.165, 1.54) is 7.11 Å². The normalized spacial score (nSPS) is 13.9. The second-order valence-corrected chi connectivity index (χ2v) is 9.12. The summed E-state index contributed by atoms with van der Waals surface area (Å²) < 4.78 is 50.7. The minimum Gasteiger partial charge on any atom is -0.497 e. The second kappa shape index (κ2) is 6.55.